The highest BCUT2D eigenvalue weighted by Gasteiger charge is 2.07. The molecule has 0 aliphatic heterocycles. The maximum absolute atomic E-state index is 13.3. The van der Waals surface area contributed by atoms with Gasteiger partial charge in [0, 0.05) is 23.5 Å². The first-order valence-electron chi connectivity index (χ1n) is 6.04. The lowest BCUT2D eigenvalue weighted by Gasteiger charge is -2.08. The van der Waals surface area contributed by atoms with Crippen molar-refractivity contribution in [1.82, 2.24) is 0 Å². The van der Waals surface area contributed by atoms with Crippen molar-refractivity contribution >= 4 is 23.1 Å². The van der Waals surface area contributed by atoms with Crippen LogP contribution in [0.15, 0.2) is 42.5 Å². The number of nitrogens with one attached hydrogen (secondary N) is 2. The average Bonchev–Trinajstić information content (AvgIpc) is 2.43. The fraction of sp³-hybridized carbons (Fsp3) is 0.0714. The van der Waals surface area contributed by atoms with Crippen LogP contribution < -0.4 is 10.6 Å². The second kappa shape index (κ2) is 6.00. The summed E-state index contributed by atoms with van der Waals surface area (Å²) >= 11 is 0. The molecule has 7 heteroatoms. The average molecular weight is 289 g/mol. The number of hydrogen-bond acceptors (Lipinski definition) is 3. The number of hydrogen-bond donors (Lipinski definition) is 2. The van der Waals surface area contributed by atoms with Gasteiger partial charge in [0.2, 0.25) is 0 Å². The van der Waals surface area contributed by atoms with Crippen molar-refractivity contribution in [3.05, 3.63) is 64.0 Å². The molecular weight excluding hydrogens is 277 g/mol. The molecule has 0 radical (unpaired) electrons. The summed E-state index contributed by atoms with van der Waals surface area (Å²) in [6, 6.07) is 9.16. The summed E-state index contributed by atoms with van der Waals surface area (Å²) in [6.45, 7) is 1.62. The number of halogens is 1. The van der Waals surface area contributed by atoms with E-state index in [9.17, 15) is 19.3 Å². The molecule has 0 aliphatic rings. The number of carbonyl (C=O) groups is 1. The Morgan fingerprint density at radius 1 is 1.10 bits per heavy atom. The molecule has 0 spiro atoms. The van der Waals surface area contributed by atoms with E-state index in [-0.39, 0.29) is 5.69 Å². The van der Waals surface area contributed by atoms with Crippen molar-refractivity contribution in [2.24, 2.45) is 0 Å². The van der Waals surface area contributed by atoms with Crippen LogP contribution in [0.5, 0.6) is 0 Å². The van der Waals surface area contributed by atoms with E-state index in [1.54, 1.807) is 19.1 Å². The molecule has 6 nitrogen and oxygen atoms in total. The second-order valence-corrected chi connectivity index (χ2v) is 4.35. The van der Waals surface area contributed by atoms with Crippen molar-refractivity contribution in [2.75, 3.05) is 10.6 Å². The number of anilines is 2. The van der Waals surface area contributed by atoms with Gasteiger partial charge in [0.15, 0.2) is 0 Å². The highest BCUT2D eigenvalue weighted by atomic mass is 19.1. The lowest BCUT2D eigenvalue weighted by molar-refractivity contribution is -0.384. The van der Waals surface area contributed by atoms with Gasteiger partial charge in [-0.3, -0.25) is 10.1 Å². The van der Waals surface area contributed by atoms with E-state index >= 15 is 0 Å². The minimum atomic E-state index is -0.563. The molecule has 0 atom stereocenters. The topological polar surface area (TPSA) is 84.3 Å². The molecule has 108 valence electrons. The number of nitrogens with zero attached hydrogens (tertiary/aromatic N) is 1. The summed E-state index contributed by atoms with van der Waals surface area (Å²) in [6.07, 6.45) is 0. The number of carbonyl (C=O) groups excluding carboxylic acids is 1. The summed E-state index contributed by atoms with van der Waals surface area (Å²) in [4.78, 5) is 21.7. The minimum Gasteiger partial charge on any atom is -0.308 e. The van der Waals surface area contributed by atoms with Gasteiger partial charge in [-0.15, -0.1) is 0 Å². The molecule has 0 saturated carbocycles. The van der Waals surface area contributed by atoms with Crippen molar-refractivity contribution in [3.8, 4) is 0 Å². The van der Waals surface area contributed by atoms with Gasteiger partial charge in [0.1, 0.15) is 5.82 Å². The van der Waals surface area contributed by atoms with Crippen LogP contribution >= 0.6 is 0 Å². The Morgan fingerprint density at radius 2 is 1.67 bits per heavy atom. The first-order valence-corrected chi connectivity index (χ1v) is 6.04. The molecule has 0 aliphatic carbocycles. The molecule has 0 aromatic heterocycles. The Hall–Kier alpha value is -2.96. The zero-order chi connectivity index (χ0) is 15.4. The Morgan fingerprint density at radius 3 is 2.24 bits per heavy atom. The maximum Gasteiger partial charge on any atom is 0.323 e. The van der Waals surface area contributed by atoms with E-state index in [1.165, 1.54) is 30.3 Å². The van der Waals surface area contributed by atoms with Gasteiger partial charge in [-0.2, -0.15) is 0 Å². The molecule has 2 amide bonds. The molecular formula is C14H12FN3O3. The third kappa shape index (κ3) is 3.75. The fourth-order valence-corrected chi connectivity index (χ4v) is 1.63. The molecule has 0 heterocycles. The molecule has 0 bridgehead atoms. The SMILES string of the molecule is Cc1ccc(NC(=O)Nc2ccc([N+](=O)[O-])cc2)cc1F. The normalized spacial score (nSPS) is 10.0. The van der Waals surface area contributed by atoms with Crippen LogP contribution in [0.25, 0.3) is 0 Å². The molecule has 0 fully saturated rings. The number of aryl methyl sites for hydroxylation is 1. The molecule has 21 heavy (non-hydrogen) atoms. The van der Waals surface area contributed by atoms with E-state index in [4.69, 9.17) is 0 Å². The fourth-order valence-electron chi connectivity index (χ4n) is 1.63. The van der Waals surface area contributed by atoms with Gasteiger partial charge < -0.3 is 10.6 Å². The molecule has 2 N–H and O–H groups in total. The third-order valence-electron chi connectivity index (χ3n) is 2.77. The summed E-state index contributed by atoms with van der Waals surface area (Å²) in [5.74, 6) is -0.414. The van der Waals surface area contributed by atoms with Crippen molar-refractivity contribution in [1.29, 1.82) is 0 Å². The smallest absolute Gasteiger partial charge is 0.308 e. The Balaban J connectivity index is 2.01. The third-order valence-corrected chi connectivity index (χ3v) is 2.77. The molecule has 2 aromatic carbocycles. The molecule has 0 saturated heterocycles. The van der Waals surface area contributed by atoms with E-state index < -0.39 is 16.8 Å². The molecule has 2 aromatic rings. The second-order valence-electron chi connectivity index (χ2n) is 4.35. The van der Waals surface area contributed by atoms with Crippen molar-refractivity contribution in [2.45, 2.75) is 6.92 Å². The highest BCUT2D eigenvalue weighted by molar-refractivity contribution is 5.99. The van der Waals surface area contributed by atoms with Crippen LogP contribution in [-0.4, -0.2) is 11.0 Å². The van der Waals surface area contributed by atoms with Gasteiger partial charge in [-0.1, -0.05) is 6.07 Å². The summed E-state index contributed by atoms with van der Waals surface area (Å²) < 4.78 is 13.3. The number of urea groups is 1. The minimum absolute atomic E-state index is 0.0680. The highest BCUT2D eigenvalue weighted by Crippen LogP contribution is 2.17. The number of amides is 2. The van der Waals surface area contributed by atoms with Gasteiger partial charge in [-0.25, -0.2) is 9.18 Å². The summed E-state index contributed by atoms with van der Waals surface area (Å²) in [7, 11) is 0. The predicted molar refractivity (Wildman–Crippen MR) is 76.9 cm³/mol. The maximum atomic E-state index is 13.3. The van der Waals surface area contributed by atoms with Crippen LogP contribution in [0.4, 0.5) is 26.2 Å². The number of rotatable bonds is 3. The standard InChI is InChI=1S/C14H12FN3O3/c1-9-2-3-11(8-13(9)15)17-14(19)16-10-4-6-12(7-5-10)18(20)21/h2-8H,1H3,(H2,16,17,19). The Bertz CT molecular complexity index is 686. The van der Waals surface area contributed by atoms with Crippen LogP contribution in [0.1, 0.15) is 5.56 Å². The molecule has 2 rings (SSSR count). The number of benzene rings is 2. The van der Waals surface area contributed by atoms with Gasteiger partial charge in [0.05, 0.1) is 4.92 Å². The first kappa shape index (κ1) is 14.4. The van der Waals surface area contributed by atoms with Crippen LogP contribution in [-0.2, 0) is 0 Å². The predicted octanol–water partition coefficient (Wildman–Crippen LogP) is 3.69. The largest absolute Gasteiger partial charge is 0.323 e. The van der Waals surface area contributed by atoms with E-state index in [2.05, 4.69) is 10.6 Å². The Labute approximate surface area is 119 Å². The first-order chi connectivity index (χ1) is 9.95. The van der Waals surface area contributed by atoms with E-state index in [1.807, 2.05) is 0 Å². The lowest BCUT2D eigenvalue weighted by Crippen LogP contribution is -2.19. The van der Waals surface area contributed by atoms with E-state index in [0.717, 1.165) is 0 Å². The number of non-ortho nitro benzene ring substituents is 1. The Kier molecular flexibility index (Phi) is 4.13. The molecule has 0 unspecified atom stereocenters. The van der Waals surface area contributed by atoms with E-state index in [0.29, 0.717) is 16.9 Å². The van der Waals surface area contributed by atoms with Crippen LogP contribution in [0.3, 0.4) is 0 Å². The van der Waals surface area contributed by atoms with Gasteiger partial charge in [-0.05, 0) is 36.8 Å². The zero-order valence-electron chi connectivity index (χ0n) is 11.1. The summed E-state index contributed by atoms with van der Waals surface area (Å²) in [5, 5.41) is 15.5. The van der Waals surface area contributed by atoms with Gasteiger partial charge in [0.25, 0.3) is 5.69 Å². The monoisotopic (exact) mass is 289 g/mol. The number of nitro benzene ring substituents is 1. The van der Waals surface area contributed by atoms with Gasteiger partial charge >= 0.3 is 6.03 Å². The zero-order valence-corrected chi connectivity index (χ0v) is 11.1. The summed E-state index contributed by atoms with van der Waals surface area (Å²) in [5.41, 5.74) is 1.13. The van der Waals surface area contributed by atoms with Crippen molar-refractivity contribution in [3.63, 3.8) is 0 Å². The van der Waals surface area contributed by atoms with Crippen LogP contribution in [0, 0.1) is 22.9 Å². The lowest BCUT2D eigenvalue weighted by atomic mass is 10.2. The van der Waals surface area contributed by atoms with Crippen molar-refractivity contribution < 1.29 is 14.1 Å². The quantitative estimate of drug-likeness (QED) is 0.667. The van der Waals surface area contributed by atoms with Crippen LogP contribution in [0.2, 0.25) is 0 Å². The number of nitro groups is 1.